The van der Waals surface area contributed by atoms with Crippen LogP contribution in [0.3, 0.4) is 0 Å². The molecule has 2 N–H and O–H groups in total. The first kappa shape index (κ1) is 14.4. The van der Waals surface area contributed by atoms with Crippen LogP contribution in [-0.4, -0.2) is 35.6 Å². The summed E-state index contributed by atoms with van der Waals surface area (Å²) in [7, 11) is 0. The van der Waals surface area contributed by atoms with Gasteiger partial charge in [0.2, 0.25) is 0 Å². The normalized spacial score (nSPS) is 14.2. The minimum absolute atomic E-state index is 0.263. The average Bonchev–Trinajstić information content (AvgIpc) is 2.47. The zero-order valence-electron chi connectivity index (χ0n) is 11.8. The number of nitrogens with zero attached hydrogens (tertiary/aromatic N) is 2. The Morgan fingerprint density at radius 1 is 1.41 bits per heavy atom. The third kappa shape index (κ3) is 3.20. The van der Waals surface area contributed by atoms with Crippen LogP contribution >= 0.6 is 0 Å². The third-order valence-corrected chi connectivity index (χ3v) is 3.34. The molecule has 2 aromatic heterocycles. The monoisotopic (exact) mass is 302 g/mol. The largest absolute Gasteiger partial charge is 0.491 e. The van der Waals surface area contributed by atoms with Crippen molar-refractivity contribution in [3.05, 3.63) is 48.3 Å². The van der Waals surface area contributed by atoms with E-state index < -0.39 is 11.7 Å². The number of aromatic nitrogens is 2. The molecule has 1 fully saturated rings. The zero-order valence-corrected chi connectivity index (χ0v) is 11.8. The van der Waals surface area contributed by atoms with Gasteiger partial charge in [0.1, 0.15) is 11.4 Å². The summed E-state index contributed by atoms with van der Waals surface area (Å²) in [5.41, 5.74) is 0.130. The number of rotatable bonds is 5. The number of carbonyl (C=O) groups is 1. The fourth-order valence-corrected chi connectivity index (χ4v) is 2.01. The number of amides is 1. The Labute approximate surface area is 126 Å². The number of carbonyl (C=O) groups excluding carboxylic acids is 1. The number of hydrogen-bond donors (Lipinski definition) is 2. The Morgan fingerprint density at radius 3 is 3.00 bits per heavy atom. The highest BCUT2D eigenvalue weighted by Gasteiger charge is 2.19. The molecule has 0 radical (unpaired) electrons. The summed E-state index contributed by atoms with van der Waals surface area (Å²) >= 11 is 0. The summed E-state index contributed by atoms with van der Waals surface area (Å²) in [6.45, 7) is 2.40. The number of pyridine rings is 2. The van der Waals surface area contributed by atoms with Crippen molar-refractivity contribution in [2.24, 2.45) is 5.92 Å². The Hall–Kier alpha value is -2.54. The van der Waals surface area contributed by atoms with E-state index in [1.807, 2.05) is 0 Å². The van der Waals surface area contributed by atoms with Gasteiger partial charge in [-0.2, -0.15) is 0 Å². The number of nitrogens with one attached hydrogen (secondary N) is 2. The highest BCUT2D eigenvalue weighted by Crippen LogP contribution is 2.24. The van der Waals surface area contributed by atoms with E-state index in [1.165, 1.54) is 24.5 Å². The molecule has 1 aliphatic rings. The summed E-state index contributed by atoms with van der Waals surface area (Å²) in [4.78, 5) is 19.8. The predicted molar refractivity (Wildman–Crippen MR) is 78.2 cm³/mol. The van der Waals surface area contributed by atoms with E-state index in [4.69, 9.17) is 4.74 Å². The Morgan fingerprint density at radius 2 is 2.27 bits per heavy atom. The van der Waals surface area contributed by atoms with E-state index in [0.717, 1.165) is 13.1 Å². The summed E-state index contributed by atoms with van der Waals surface area (Å²) < 4.78 is 19.3. The van der Waals surface area contributed by atoms with Crippen molar-refractivity contribution in [3.8, 4) is 5.75 Å². The second-order valence-corrected chi connectivity index (χ2v) is 5.00. The van der Waals surface area contributed by atoms with Gasteiger partial charge in [0, 0.05) is 37.5 Å². The number of halogens is 1. The first-order valence-corrected chi connectivity index (χ1v) is 6.93. The maximum Gasteiger partial charge on any atom is 0.277 e. The van der Waals surface area contributed by atoms with Crippen LogP contribution in [0.15, 0.2) is 36.8 Å². The van der Waals surface area contributed by atoms with Gasteiger partial charge in [0.25, 0.3) is 5.91 Å². The van der Waals surface area contributed by atoms with Crippen molar-refractivity contribution in [1.29, 1.82) is 0 Å². The molecular formula is C15H15FN4O2. The van der Waals surface area contributed by atoms with Crippen LogP contribution in [0.4, 0.5) is 10.1 Å². The molecule has 1 amide bonds. The number of hydrogen-bond acceptors (Lipinski definition) is 5. The van der Waals surface area contributed by atoms with Gasteiger partial charge in [-0.3, -0.25) is 9.78 Å². The lowest BCUT2D eigenvalue weighted by atomic mass is 10.1. The molecule has 1 aliphatic heterocycles. The highest BCUT2D eigenvalue weighted by atomic mass is 19.1. The van der Waals surface area contributed by atoms with E-state index in [-0.39, 0.29) is 5.69 Å². The van der Waals surface area contributed by atoms with Crippen LogP contribution in [0.1, 0.15) is 10.5 Å². The van der Waals surface area contributed by atoms with Crippen molar-refractivity contribution in [1.82, 2.24) is 15.3 Å². The van der Waals surface area contributed by atoms with E-state index >= 15 is 0 Å². The van der Waals surface area contributed by atoms with Crippen molar-refractivity contribution < 1.29 is 13.9 Å². The lowest BCUT2D eigenvalue weighted by molar-refractivity contribution is 0.101. The molecule has 0 atom stereocenters. The molecule has 0 bridgehead atoms. The van der Waals surface area contributed by atoms with Crippen molar-refractivity contribution in [2.45, 2.75) is 0 Å². The van der Waals surface area contributed by atoms with E-state index in [2.05, 4.69) is 20.6 Å². The Kier molecular flexibility index (Phi) is 4.24. The van der Waals surface area contributed by atoms with Crippen LogP contribution in [0, 0.1) is 11.7 Å². The second kappa shape index (κ2) is 6.48. The van der Waals surface area contributed by atoms with Crippen molar-refractivity contribution >= 4 is 11.6 Å². The van der Waals surface area contributed by atoms with Gasteiger partial charge in [-0.05, 0) is 12.1 Å². The van der Waals surface area contributed by atoms with Gasteiger partial charge < -0.3 is 15.4 Å². The minimum Gasteiger partial charge on any atom is -0.491 e. The van der Waals surface area contributed by atoms with Gasteiger partial charge >= 0.3 is 0 Å². The summed E-state index contributed by atoms with van der Waals surface area (Å²) in [5.74, 6) is -0.343. The average molecular weight is 302 g/mol. The van der Waals surface area contributed by atoms with Gasteiger partial charge in [0.05, 0.1) is 12.8 Å². The number of ether oxygens (including phenoxy) is 1. The minimum atomic E-state index is -0.674. The molecule has 0 aliphatic carbocycles. The fraction of sp³-hybridized carbons (Fsp3) is 0.267. The van der Waals surface area contributed by atoms with E-state index in [1.54, 1.807) is 12.3 Å². The maximum absolute atomic E-state index is 13.6. The van der Waals surface area contributed by atoms with E-state index in [0.29, 0.717) is 24.0 Å². The SMILES string of the molecule is O=C(Nc1cnccc1OCC1CNC1)c1ncccc1F. The van der Waals surface area contributed by atoms with Gasteiger partial charge in [0.15, 0.2) is 11.5 Å². The molecule has 3 rings (SSSR count). The highest BCUT2D eigenvalue weighted by molar-refractivity contribution is 6.03. The molecular weight excluding hydrogens is 287 g/mol. The molecule has 0 saturated carbocycles. The first-order valence-electron chi connectivity index (χ1n) is 6.93. The zero-order chi connectivity index (χ0) is 15.4. The smallest absolute Gasteiger partial charge is 0.277 e. The van der Waals surface area contributed by atoms with Crippen molar-refractivity contribution in [2.75, 3.05) is 25.0 Å². The van der Waals surface area contributed by atoms with Gasteiger partial charge in [-0.1, -0.05) is 0 Å². The van der Waals surface area contributed by atoms with Crippen LogP contribution in [0.2, 0.25) is 0 Å². The molecule has 114 valence electrons. The third-order valence-electron chi connectivity index (χ3n) is 3.34. The van der Waals surface area contributed by atoms with Crippen LogP contribution in [0.5, 0.6) is 5.75 Å². The standard InChI is InChI=1S/C15H15FN4O2/c16-11-2-1-4-19-14(11)15(21)20-12-8-17-5-3-13(12)22-9-10-6-18-7-10/h1-5,8,10,18H,6-7,9H2,(H,20,21). The first-order chi connectivity index (χ1) is 10.7. The number of anilines is 1. The quantitative estimate of drug-likeness (QED) is 0.874. The van der Waals surface area contributed by atoms with E-state index in [9.17, 15) is 9.18 Å². The lowest BCUT2D eigenvalue weighted by Crippen LogP contribution is -2.45. The molecule has 22 heavy (non-hydrogen) atoms. The van der Waals surface area contributed by atoms with Crippen LogP contribution < -0.4 is 15.4 Å². The Balaban J connectivity index is 1.71. The summed E-state index contributed by atoms with van der Waals surface area (Å²) in [6.07, 6.45) is 4.40. The summed E-state index contributed by atoms with van der Waals surface area (Å²) in [6, 6.07) is 4.28. The molecule has 0 unspecified atom stereocenters. The van der Waals surface area contributed by atoms with Crippen LogP contribution in [0.25, 0.3) is 0 Å². The molecule has 3 heterocycles. The molecule has 6 nitrogen and oxygen atoms in total. The summed E-state index contributed by atoms with van der Waals surface area (Å²) in [5, 5.41) is 5.74. The lowest BCUT2D eigenvalue weighted by Gasteiger charge is -2.27. The maximum atomic E-state index is 13.6. The molecule has 1 saturated heterocycles. The predicted octanol–water partition coefficient (Wildman–Crippen LogP) is 1.47. The van der Waals surface area contributed by atoms with Gasteiger partial charge in [-0.25, -0.2) is 9.37 Å². The fourth-order valence-electron chi connectivity index (χ4n) is 2.01. The van der Waals surface area contributed by atoms with Crippen molar-refractivity contribution in [3.63, 3.8) is 0 Å². The van der Waals surface area contributed by atoms with Crippen LogP contribution in [-0.2, 0) is 0 Å². The topological polar surface area (TPSA) is 76.1 Å². The second-order valence-electron chi connectivity index (χ2n) is 5.00. The molecule has 2 aromatic rings. The van der Waals surface area contributed by atoms with Gasteiger partial charge in [-0.15, -0.1) is 0 Å². The molecule has 0 aromatic carbocycles. The molecule has 0 spiro atoms. The Bertz CT molecular complexity index is 676. The molecule has 7 heteroatoms.